The predicted molar refractivity (Wildman–Crippen MR) is 76.0 cm³/mol. The molecule has 4 nitrogen and oxygen atoms in total. The van der Waals surface area contributed by atoms with Crippen molar-refractivity contribution in [2.45, 2.75) is 31.7 Å². The van der Waals surface area contributed by atoms with Gasteiger partial charge in [-0.25, -0.2) is 0 Å². The van der Waals surface area contributed by atoms with Crippen molar-refractivity contribution < 1.29 is 4.79 Å². The van der Waals surface area contributed by atoms with Crippen LogP contribution < -0.4 is 5.32 Å². The van der Waals surface area contributed by atoms with E-state index in [-0.39, 0.29) is 5.91 Å². The highest BCUT2D eigenvalue weighted by Gasteiger charge is 2.27. The van der Waals surface area contributed by atoms with Crippen molar-refractivity contribution in [2.24, 2.45) is 5.92 Å². The van der Waals surface area contributed by atoms with Gasteiger partial charge in [0.25, 0.3) is 5.91 Å². The molecule has 2 rings (SSSR count). The molecule has 4 heteroatoms. The predicted octanol–water partition coefficient (Wildman–Crippen LogP) is 1.93. The molecule has 0 radical (unpaired) electrons. The second-order valence-electron chi connectivity index (χ2n) is 5.62. The molecule has 1 amide bonds. The maximum Gasteiger partial charge on any atom is 0.251 e. The third-order valence-electron chi connectivity index (χ3n) is 3.77. The van der Waals surface area contributed by atoms with E-state index in [0.717, 1.165) is 13.0 Å². The number of nitrogens with one attached hydrogen (secondary N) is 1. The second-order valence-corrected chi connectivity index (χ2v) is 5.62. The molecule has 0 saturated heterocycles. The van der Waals surface area contributed by atoms with Crippen molar-refractivity contribution >= 4 is 5.91 Å². The fourth-order valence-electron chi connectivity index (χ4n) is 2.84. The molecule has 1 heterocycles. The van der Waals surface area contributed by atoms with Crippen LogP contribution in [0.4, 0.5) is 0 Å². The summed E-state index contributed by atoms with van der Waals surface area (Å²) in [7, 11) is 4.19. The molecule has 1 saturated carbocycles. The average Bonchev–Trinajstić information content (AvgIpc) is 2.41. The molecule has 1 aliphatic rings. The Balaban J connectivity index is 1.97. The lowest BCUT2D eigenvalue weighted by atomic mass is 9.84. The van der Waals surface area contributed by atoms with Gasteiger partial charge in [0.2, 0.25) is 0 Å². The Kier molecular flexibility index (Phi) is 4.91. The molecule has 0 aromatic carbocycles. The average molecular weight is 261 g/mol. The molecule has 1 aromatic rings. The van der Waals surface area contributed by atoms with Crippen LogP contribution in [0.25, 0.3) is 0 Å². The topological polar surface area (TPSA) is 45.2 Å². The zero-order valence-corrected chi connectivity index (χ0v) is 11.8. The van der Waals surface area contributed by atoms with Crippen LogP contribution in [-0.2, 0) is 0 Å². The van der Waals surface area contributed by atoms with E-state index in [9.17, 15) is 4.79 Å². The highest BCUT2D eigenvalue weighted by molar-refractivity contribution is 5.94. The van der Waals surface area contributed by atoms with Crippen LogP contribution >= 0.6 is 0 Å². The van der Waals surface area contributed by atoms with E-state index in [2.05, 4.69) is 29.3 Å². The molecule has 0 spiro atoms. The van der Waals surface area contributed by atoms with Gasteiger partial charge in [-0.15, -0.1) is 0 Å². The number of carbonyl (C=O) groups is 1. The summed E-state index contributed by atoms with van der Waals surface area (Å²) in [6.45, 7) is 1.04. The first-order valence-corrected chi connectivity index (χ1v) is 7.02. The number of amides is 1. The molecule has 0 bridgehead atoms. The van der Waals surface area contributed by atoms with Crippen LogP contribution in [0, 0.1) is 5.92 Å². The van der Waals surface area contributed by atoms with Crippen molar-refractivity contribution in [3.05, 3.63) is 30.1 Å². The minimum absolute atomic E-state index is 0.0260. The van der Waals surface area contributed by atoms with Crippen LogP contribution in [0.2, 0.25) is 0 Å². The molecule has 0 aliphatic heterocycles. The lowest BCUT2D eigenvalue weighted by molar-refractivity contribution is 0.0895. The summed E-state index contributed by atoms with van der Waals surface area (Å²) >= 11 is 0. The summed E-state index contributed by atoms with van der Waals surface area (Å²) in [6, 6.07) is 3.83. The van der Waals surface area contributed by atoms with Crippen molar-refractivity contribution in [3.8, 4) is 0 Å². The third-order valence-corrected chi connectivity index (χ3v) is 3.77. The third kappa shape index (κ3) is 4.03. The van der Waals surface area contributed by atoms with Gasteiger partial charge in [-0.2, -0.15) is 0 Å². The minimum Gasteiger partial charge on any atom is -0.349 e. The monoisotopic (exact) mass is 261 g/mol. The number of pyridine rings is 1. The van der Waals surface area contributed by atoms with Gasteiger partial charge in [0.05, 0.1) is 0 Å². The zero-order chi connectivity index (χ0) is 13.7. The van der Waals surface area contributed by atoms with Gasteiger partial charge < -0.3 is 10.2 Å². The van der Waals surface area contributed by atoms with Crippen LogP contribution in [-0.4, -0.2) is 42.5 Å². The summed E-state index contributed by atoms with van der Waals surface area (Å²) in [6.07, 6.45) is 8.11. The first kappa shape index (κ1) is 14.0. The molecular weight excluding hydrogens is 238 g/mol. The first-order chi connectivity index (χ1) is 9.16. The van der Waals surface area contributed by atoms with Gasteiger partial charge in [0, 0.05) is 30.5 Å². The fourth-order valence-corrected chi connectivity index (χ4v) is 2.84. The Morgan fingerprint density at radius 2 is 2.00 bits per heavy atom. The molecular formula is C15H23N3O. The molecule has 104 valence electrons. The van der Waals surface area contributed by atoms with Gasteiger partial charge in [-0.05, 0) is 45.0 Å². The van der Waals surface area contributed by atoms with E-state index in [0.29, 0.717) is 17.5 Å². The summed E-state index contributed by atoms with van der Waals surface area (Å²) < 4.78 is 0. The lowest BCUT2D eigenvalue weighted by Gasteiger charge is -2.34. The molecule has 2 unspecified atom stereocenters. The van der Waals surface area contributed by atoms with E-state index in [1.807, 2.05) is 0 Å². The Morgan fingerprint density at radius 3 is 2.68 bits per heavy atom. The number of rotatable bonds is 4. The standard InChI is InChI=1S/C15H23N3O/c1-18(2)11-13-5-3-4-6-14(13)17-15(19)12-7-9-16-10-8-12/h7-10,13-14H,3-6,11H2,1-2H3,(H,17,19). The SMILES string of the molecule is CN(C)CC1CCCCC1NC(=O)c1ccncc1. The molecule has 1 fully saturated rings. The maximum absolute atomic E-state index is 12.2. The van der Waals surface area contributed by atoms with Crippen molar-refractivity contribution in [1.29, 1.82) is 0 Å². The smallest absolute Gasteiger partial charge is 0.251 e. The van der Waals surface area contributed by atoms with E-state index in [4.69, 9.17) is 0 Å². The Morgan fingerprint density at radius 1 is 1.32 bits per heavy atom. The van der Waals surface area contributed by atoms with E-state index < -0.39 is 0 Å². The maximum atomic E-state index is 12.2. The number of hydrogen-bond donors (Lipinski definition) is 1. The summed E-state index contributed by atoms with van der Waals surface area (Å²) in [5.41, 5.74) is 0.698. The highest BCUT2D eigenvalue weighted by atomic mass is 16.1. The Hall–Kier alpha value is -1.42. The normalized spacial score (nSPS) is 23.3. The van der Waals surface area contributed by atoms with Crippen LogP contribution in [0.15, 0.2) is 24.5 Å². The van der Waals surface area contributed by atoms with Crippen molar-refractivity contribution in [3.63, 3.8) is 0 Å². The Labute approximate surface area is 115 Å². The summed E-state index contributed by atoms with van der Waals surface area (Å²) in [4.78, 5) is 18.3. The minimum atomic E-state index is 0.0260. The summed E-state index contributed by atoms with van der Waals surface area (Å²) in [5, 5.41) is 3.20. The Bertz CT molecular complexity index is 405. The van der Waals surface area contributed by atoms with Gasteiger partial charge in [0.1, 0.15) is 0 Å². The van der Waals surface area contributed by atoms with Crippen molar-refractivity contribution in [1.82, 2.24) is 15.2 Å². The highest BCUT2D eigenvalue weighted by Crippen LogP contribution is 2.25. The fraction of sp³-hybridized carbons (Fsp3) is 0.600. The van der Waals surface area contributed by atoms with Gasteiger partial charge >= 0.3 is 0 Å². The number of carbonyl (C=O) groups excluding carboxylic acids is 1. The first-order valence-electron chi connectivity index (χ1n) is 7.02. The quantitative estimate of drug-likeness (QED) is 0.901. The number of nitrogens with zero attached hydrogens (tertiary/aromatic N) is 2. The van der Waals surface area contributed by atoms with Crippen molar-refractivity contribution in [2.75, 3.05) is 20.6 Å². The number of hydrogen-bond acceptors (Lipinski definition) is 3. The van der Waals surface area contributed by atoms with E-state index in [1.54, 1.807) is 24.5 Å². The lowest BCUT2D eigenvalue weighted by Crippen LogP contribution is -2.45. The zero-order valence-electron chi connectivity index (χ0n) is 11.8. The van der Waals surface area contributed by atoms with Gasteiger partial charge in [-0.3, -0.25) is 9.78 Å². The molecule has 1 aromatic heterocycles. The second kappa shape index (κ2) is 6.66. The van der Waals surface area contributed by atoms with Crippen LogP contribution in [0.1, 0.15) is 36.0 Å². The number of aromatic nitrogens is 1. The molecule has 1 N–H and O–H groups in total. The van der Waals surface area contributed by atoms with E-state index >= 15 is 0 Å². The van der Waals surface area contributed by atoms with Crippen LogP contribution in [0.5, 0.6) is 0 Å². The largest absolute Gasteiger partial charge is 0.349 e. The van der Waals surface area contributed by atoms with E-state index in [1.165, 1.54) is 19.3 Å². The van der Waals surface area contributed by atoms with Gasteiger partial charge in [0.15, 0.2) is 0 Å². The molecule has 1 aliphatic carbocycles. The molecule has 2 atom stereocenters. The summed E-state index contributed by atoms with van der Waals surface area (Å²) in [5.74, 6) is 0.590. The molecule has 19 heavy (non-hydrogen) atoms. The van der Waals surface area contributed by atoms with Gasteiger partial charge in [-0.1, -0.05) is 12.8 Å². The van der Waals surface area contributed by atoms with Crippen LogP contribution in [0.3, 0.4) is 0 Å².